The van der Waals surface area contributed by atoms with E-state index in [9.17, 15) is 4.79 Å². The Kier molecular flexibility index (Phi) is 4.16. The van der Waals surface area contributed by atoms with E-state index in [2.05, 4.69) is 50.4 Å². The highest BCUT2D eigenvalue weighted by Crippen LogP contribution is 2.17. The van der Waals surface area contributed by atoms with Crippen molar-refractivity contribution in [3.8, 4) is 0 Å². The predicted octanol–water partition coefficient (Wildman–Crippen LogP) is 2.05. The van der Waals surface area contributed by atoms with Crippen molar-refractivity contribution >= 4 is 27.7 Å². The van der Waals surface area contributed by atoms with Crippen molar-refractivity contribution in [3.63, 3.8) is 0 Å². The molecular formula is C12H17BrN4O. The van der Waals surface area contributed by atoms with E-state index in [1.807, 2.05) is 6.07 Å². The number of carbonyl (C=O) groups excluding carboxylic acids is 1. The summed E-state index contributed by atoms with van der Waals surface area (Å²) in [6.07, 6.45) is 1.51. The fourth-order valence-corrected chi connectivity index (χ4v) is 2.24. The molecule has 1 fully saturated rings. The Morgan fingerprint density at radius 2 is 2.33 bits per heavy atom. The third kappa shape index (κ3) is 3.41. The van der Waals surface area contributed by atoms with Crippen LogP contribution in [0.3, 0.4) is 0 Å². The summed E-state index contributed by atoms with van der Waals surface area (Å²) in [7, 11) is 0. The largest absolute Gasteiger partial charge is 0.368 e. The van der Waals surface area contributed by atoms with Gasteiger partial charge in [0.2, 0.25) is 5.91 Å². The lowest BCUT2D eigenvalue weighted by Gasteiger charge is -2.13. The summed E-state index contributed by atoms with van der Waals surface area (Å²) in [5, 5.41) is 6.17. The predicted molar refractivity (Wildman–Crippen MR) is 73.5 cm³/mol. The summed E-state index contributed by atoms with van der Waals surface area (Å²) in [5.74, 6) is 2.02. The number of nitrogens with zero attached hydrogens (tertiary/aromatic N) is 2. The molecule has 0 spiro atoms. The van der Waals surface area contributed by atoms with E-state index < -0.39 is 0 Å². The van der Waals surface area contributed by atoms with Gasteiger partial charge in [-0.15, -0.1) is 0 Å². The van der Waals surface area contributed by atoms with Gasteiger partial charge in [-0.25, -0.2) is 9.97 Å². The molecule has 2 rings (SSSR count). The SMILES string of the molecule is CC(C)c1nc(Br)cc(NCC2CCC(=O)N2)n1. The number of anilines is 1. The van der Waals surface area contributed by atoms with Crippen LogP contribution in [-0.2, 0) is 4.79 Å². The van der Waals surface area contributed by atoms with Crippen LogP contribution >= 0.6 is 15.9 Å². The van der Waals surface area contributed by atoms with Crippen LogP contribution in [0.15, 0.2) is 10.7 Å². The summed E-state index contributed by atoms with van der Waals surface area (Å²) in [6, 6.07) is 2.05. The maximum atomic E-state index is 11.1. The average Bonchev–Trinajstić information content (AvgIpc) is 2.72. The minimum Gasteiger partial charge on any atom is -0.368 e. The van der Waals surface area contributed by atoms with E-state index >= 15 is 0 Å². The highest BCUT2D eigenvalue weighted by molar-refractivity contribution is 9.10. The van der Waals surface area contributed by atoms with Crippen molar-refractivity contribution in [2.45, 2.75) is 38.6 Å². The van der Waals surface area contributed by atoms with Crippen LogP contribution in [0, 0.1) is 0 Å². The normalized spacial score (nSPS) is 19.1. The zero-order valence-corrected chi connectivity index (χ0v) is 12.1. The van der Waals surface area contributed by atoms with Gasteiger partial charge in [-0.3, -0.25) is 4.79 Å². The van der Waals surface area contributed by atoms with Crippen molar-refractivity contribution in [1.82, 2.24) is 15.3 Å². The maximum Gasteiger partial charge on any atom is 0.220 e. The quantitative estimate of drug-likeness (QED) is 0.835. The van der Waals surface area contributed by atoms with Gasteiger partial charge in [0.25, 0.3) is 0 Å². The van der Waals surface area contributed by atoms with Crippen LogP contribution in [0.5, 0.6) is 0 Å². The summed E-state index contributed by atoms with van der Waals surface area (Å²) < 4.78 is 0.777. The molecule has 1 atom stereocenters. The van der Waals surface area contributed by atoms with Gasteiger partial charge >= 0.3 is 0 Å². The summed E-state index contributed by atoms with van der Waals surface area (Å²) in [4.78, 5) is 19.9. The molecule has 98 valence electrons. The molecule has 2 heterocycles. The average molecular weight is 313 g/mol. The van der Waals surface area contributed by atoms with Crippen molar-refractivity contribution in [2.24, 2.45) is 0 Å². The van der Waals surface area contributed by atoms with Gasteiger partial charge in [-0.05, 0) is 22.4 Å². The molecule has 2 N–H and O–H groups in total. The number of amides is 1. The molecule has 18 heavy (non-hydrogen) atoms. The van der Waals surface area contributed by atoms with E-state index in [1.54, 1.807) is 0 Å². The second-order valence-corrected chi connectivity index (χ2v) is 5.59. The molecule has 0 aliphatic carbocycles. The fourth-order valence-electron chi connectivity index (χ4n) is 1.84. The Hall–Kier alpha value is -1.17. The van der Waals surface area contributed by atoms with Crippen LogP contribution in [0.4, 0.5) is 5.82 Å². The summed E-state index contributed by atoms with van der Waals surface area (Å²) in [6.45, 7) is 4.82. The Bertz CT molecular complexity index is 450. The van der Waals surface area contributed by atoms with Gasteiger partial charge in [0.05, 0.1) is 0 Å². The number of aromatic nitrogens is 2. The van der Waals surface area contributed by atoms with Crippen molar-refractivity contribution in [1.29, 1.82) is 0 Å². The molecule has 1 unspecified atom stereocenters. The monoisotopic (exact) mass is 312 g/mol. The minimum absolute atomic E-state index is 0.133. The Morgan fingerprint density at radius 1 is 1.56 bits per heavy atom. The molecule has 1 amide bonds. The van der Waals surface area contributed by atoms with Crippen LogP contribution < -0.4 is 10.6 Å². The summed E-state index contributed by atoms with van der Waals surface area (Å²) in [5.41, 5.74) is 0. The number of nitrogens with one attached hydrogen (secondary N) is 2. The number of halogens is 1. The second-order valence-electron chi connectivity index (χ2n) is 4.77. The highest BCUT2D eigenvalue weighted by Gasteiger charge is 2.20. The lowest BCUT2D eigenvalue weighted by molar-refractivity contribution is -0.119. The van der Waals surface area contributed by atoms with Gasteiger partial charge in [-0.2, -0.15) is 0 Å². The Balaban J connectivity index is 1.98. The fraction of sp³-hybridized carbons (Fsp3) is 0.583. The van der Waals surface area contributed by atoms with Crippen LogP contribution in [-0.4, -0.2) is 28.5 Å². The van der Waals surface area contributed by atoms with E-state index in [0.29, 0.717) is 13.0 Å². The van der Waals surface area contributed by atoms with E-state index in [0.717, 1.165) is 22.7 Å². The molecule has 5 nitrogen and oxygen atoms in total. The standard InChI is InChI=1S/C12H17BrN4O/c1-7(2)12-16-9(13)5-10(17-12)14-6-8-3-4-11(18)15-8/h5,7-8H,3-4,6H2,1-2H3,(H,15,18)(H,14,16,17). The Labute approximate surface area is 115 Å². The smallest absolute Gasteiger partial charge is 0.220 e. The lowest BCUT2D eigenvalue weighted by atomic mass is 10.2. The third-order valence-corrected chi connectivity index (χ3v) is 3.25. The third-order valence-electron chi connectivity index (χ3n) is 2.84. The van der Waals surface area contributed by atoms with E-state index in [-0.39, 0.29) is 17.9 Å². The molecule has 6 heteroatoms. The lowest BCUT2D eigenvalue weighted by Crippen LogP contribution is -2.32. The van der Waals surface area contributed by atoms with Crippen LogP contribution in [0.2, 0.25) is 0 Å². The molecule has 0 aromatic carbocycles. The van der Waals surface area contributed by atoms with Gasteiger partial charge in [0.15, 0.2) is 0 Å². The minimum atomic E-state index is 0.133. The number of hydrogen-bond donors (Lipinski definition) is 2. The molecule has 1 aromatic heterocycles. The number of hydrogen-bond acceptors (Lipinski definition) is 4. The molecule has 0 radical (unpaired) electrons. The van der Waals surface area contributed by atoms with Crippen LogP contribution in [0.25, 0.3) is 0 Å². The number of carbonyl (C=O) groups is 1. The van der Waals surface area contributed by atoms with Crippen LogP contribution in [0.1, 0.15) is 38.4 Å². The zero-order chi connectivity index (χ0) is 13.1. The molecular weight excluding hydrogens is 296 g/mol. The molecule has 1 saturated heterocycles. The summed E-state index contributed by atoms with van der Waals surface area (Å²) >= 11 is 3.38. The van der Waals surface area contributed by atoms with E-state index in [4.69, 9.17) is 0 Å². The molecule has 0 bridgehead atoms. The molecule has 1 aromatic rings. The first kappa shape index (κ1) is 13.3. The first-order valence-electron chi connectivity index (χ1n) is 6.12. The van der Waals surface area contributed by atoms with E-state index in [1.165, 1.54) is 0 Å². The zero-order valence-electron chi connectivity index (χ0n) is 10.5. The molecule has 1 aliphatic heterocycles. The Morgan fingerprint density at radius 3 is 2.94 bits per heavy atom. The van der Waals surface area contributed by atoms with Crippen molar-refractivity contribution < 1.29 is 4.79 Å². The van der Waals surface area contributed by atoms with Gasteiger partial charge < -0.3 is 10.6 Å². The van der Waals surface area contributed by atoms with Gasteiger partial charge in [0, 0.05) is 31.0 Å². The maximum absolute atomic E-state index is 11.1. The first-order valence-corrected chi connectivity index (χ1v) is 6.91. The first-order chi connectivity index (χ1) is 8.54. The van der Waals surface area contributed by atoms with Gasteiger partial charge in [-0.1, -0.05) is 13.8 Å². The second kappa shape index (κ2) is 5.65. The molecule has 1 aliphatic rings. The van der Waals surface area contributed by atoms with Crippen molar-refractivity contribution in [2.75, 3.05) is 11.9 Å². The number of rotatable bonds is 4. The van der Waals surface area contributed by atoms with Gasteiger partial charge in [0.1, 0.15) is 16.2 Å². The highest BCUT2D eigenvalue weighted by atomic mass is 79.9. The molecule has 0 saturated carbocycles. The van der Waals surface area contributed by atoms with Crippen molar-refractivity contribution in [3.05, 3.63) is 16.5 Å². The topological polar surface area (TPSA) is 66.9 Å².